The summed E-state index contributed by atoms with van der Waals surface area (Å²) < 4.78 is 0. The Kier molecular flexibility index (Phi) is 4.40. The number of hydrogen-bond donors (Lipinski definition) is 1. The topological polar surface area (TPSA) is 49.4 Å². The second-order valence-electron chi connectivity index (χ2n) is 6.95. The molecule has 2 unspecified atom stereocenters. The summed E-state index contributed by atoms with van der Waals surface area (Å²) in [4.78, 5) is 27.3. The zero-order chi connectivity index (χ0) is 14.9. The first kappa shape index (κ1) is 15.3. The number of nitrogens with one attached hydrogen (secondary N) is 1. The molecule has 0 radical (unpaired) electrons. The number of amides is 2. The monoisotopic (exact) mass is 280 g/mol. The number of carbonyl (C=O) groups is 2. The molecule has 1 N–H and O–H groups in total. The minimum absolute atomic E-state index is 0.0335. The smallest absolute Gasteiger partial charge is 0.246 e. The normalized spacial score (nSPS) is 29.9. The van der Waals surface area contributed by atoms with Gasteiger partial charge in [-0.2, -0.15) is 0 Å². The lowest BCUT2D eigenvalue weighted by Gasteiger charge is -2.49. The summed E-state index contributed by atoms with van der Waals surface area (Å²) in [6.07, 6.45) is 6.01. The number of piperazine rings is 1. The minimum atomic E-state index is -0.320. The summed E-state index contributed by atoms with van der Waals surface area (Å²) in [6, 6.07) is -0.626. The SMILES string of the molecule is CCCC1NC(=O)C(C(C)C)N(C2(C)CCCC2)C1=O. The van der Waals surface area contributed by atoms with Crippen LogP contribution in [0.3, 0.4) is 0 Å². The van der Waals surface area contributed by atoms with Crippen LogP contribution in [0.4, 0.5) is 0 Å². The average Bonchev–Trinajstić information content (AvgIpc) is 2.80. The van der Waals surface area contributed by atoms with Crippen molar-refractivity contribution in [3.63, 3.8) is 0 Å². The molecular weight excluding hydrogens is 252 g/mol. The van der Waals surface area contributed by atoms with E-state index in [1.807, 2.05) is 18.7 Å². The molecule has 0 aromatic rings. The van der Waals surface area contributed by atoms with E-state index < -0.39 is 0 Å². The lowest BCUT2D eigenvalue weighted by molar-refractivity contribution is -0.159. The zero-order valence-corrected chi connectivity index (χ0v) is 13.2. The quantitative estimate of drug-likeness (QED) is 0.860. The first-order valence-corrected chi connectivity index (χ1v) is 8.04. The first-order valence-electron chi connectivity index (χ1n) is 8.04. The van der Waals surface area contributed by atoms with Crippen molar-refractivity contribution in [3.8, 4) is 0 Å². The summed E-state index contributed by atoms with van der Waals surface area (Å²) in [6.45, 7) is 8.27. The predicted molar refractivity (Wildman–Crippen MR) is 79.2 cm³/mol. The second kappa shape index (κ2) is 5.74. The molecule has 114 valence electrons. The molecule has 0 aromatic heterocycles. The van der Waals surface area contributed by atoms with Crippen LogP contribution >= 0.6 is 0 Å². The van der Waals surface area contributed by atoms with Crippen LogP contribution in [0.15, 0.2) is 0 Å². The Morgan fingerprint density at radius 2 is 1.90 bits per heavy atom. The van der Waals surface area contributed by atoms with E-state index in [0.717, 1.165) is 38.5 Å². The lowest BCUT2D eigenvalue weighted by Crippen LogP contribution is -2.69. The molecule has 2 fully saturated rings. The number of hydrogen-bond acceptors (Lipinski definition) is 2. The fourth-order valence-corrected chi connectivity index (χ4v) is 3.81. The van der Waals surface area contributed by atoms with Gasteiger partial charge < -0.3 is 10.2 Å². The molecule has 2 rings (SSSR count). The van der Waals surface area contributed by atoms with Gasteiger partial charge in [-0.05, 0) is 32.1 Å². The molecule has 1 aliphatic carbocycles. The van der Waals surface area contributed by atoms with E-state index >= 15 is 0 Å². The van der Waals surface area contributed by atoms with E-state index in [-0.39, 0.29) is 35.4 Å². The van der Waals surface area contributed by atoms with Gasteiger partial charge in [-0.3, -0.25) is 9.59 Å². The predicted octanol–water partition coefficient (Wildman–Crippen LogP) is 2.47. The molecule has 2 amide bonds. The Hall–Kier alpha value is -1.06. The van der Waals surface area contributed by atoms with Crippen LogP contribution < -0.4 is 5.32 Å². The minimum Gasteiger partial charge on any atom is -0.342 e. The molecule has 0 aromatic carbocycles. The third-order valence-electron chi connectivity index (χ3n) is 4.87. The van der Waals surface area contributed by atoms with Gasteiger partial charge >= 0.3 is 0 Å². The summed E-state index contributed by atoms with van der Waals surface area (Å²) in [5.74, 6) is 0.319. The van der Waals surface area contributed by atoms with Crippen LogP contribution in [0, 0.1) is 5.92 Å². The molecule has 2 aliphatic rings. The molecule has 4 heteroatoms. The van der Waals surface area contributed by atoms with E-state index in [2.05, 4.69) is 19.2 Å². The van der Waals surface area contributed by atoms with Gasteiger partial charge in [0.15, 0.2) is 0 Å². The van der Waals surface area contributed by atoms with Crippen molar-refractivity contribution in [2.45, 2.75) is 83.8 Å². The van der Waals surface area contributed by atoms with Crippen LogP contribution in [0.1, 0.15) is 66.2 Å². The van der Waals surface area contributed by atoms with Gasteiger partial charge in [-0.15, -0.1) is 0 Å². The Morgan fingerprint density at radius 3 is 2.40 bits per heavy atom. The fourth-order valence-electron chi connectivity index (χ4n) is 3.81. The van der Waals surface area contributed by atoms with Gasteiger partial charge in [-0.1, -0.05) is 40.0 Å². The highest BCUT2D eigenvalue weighted by Crippen LogP contribution is 2.39. The summed E-state index contributed by atoms with van der Waals surface area (Å²) in [7, 11) is 0. The highest BCUT2D eigenvalue weighted by Gasteiger charge is 2.50. The van der Waals surface area contributed by atoms with Crippen molar-refractivity contribution in [1.29, 1.82) is 0 Å². The highest BCUT2D eigenvalue weighted by molar-refractivity contribution is 5.97. The van der Waals surface area contributed by atoms with Crippen molar-refractivity contribution in [2.24, 2.45) is 5.92 Å². The Bertz CT molecular complexity index is 386. The first-order chi connectivity index (χ1) is 9.40. The molecule has 1 heterocycles. The number of rotatable bonds is 4. The van der Waals surface area contributed by atoms with Gasteiger partial charge in [0.05, 0.1) is 0 Å². The third-order valence-corrected chi connectivity index (χ3v) is 4.87. The van der Waals surface area contributed by atoms with Gasteiger partial charge in [0, 0.05) is 5.54 Å². The van der Waals surface area contributed by atoms with Crippen LogP contribution in [0.5, 0.6) is 0 Å². The maximum atomic E-state index is 12.9. The largest absolute Gasteiger partial charge is 0.342 e. The van der Waals surface area contributed by atoms with Gasteiger partial charge in [-0.25, -0.2) is 0 Å². The van der Waals surface area contributed by atoms with Crippen molar-refractivity contribution in [1.82, 2.24) is 10.2 Å². The second-order valence-corrected chi connectivity index (χ2v) is 6.95. The molecule has 1 saturated heterocycles. The fraction of sp³-hybridized carbons (Fsp3) is 0.875. The van der Waals surface area contributed by atoms with Crippen LogP contribution in [-0.4, -0.2) is 34.3 Å². The number of carbonyl (C=O) groups excluding carboxylic acids is 2. The number of nitrogens with zero attached hydrogens (tertiary/aromatic N) is 1. The van der Waals surface area contributed by atoms with E-state index in [9.17, 15) is 9.59 Å². The molecular formula is C16H28N2O2. The van der Waals surface area contributed by atoms with E-state index in [1.54, 1.807) is 0 Å². The molecule has 20 heavy (non-hydrogen) atoms. The summed E-state index contributed by atoms with van der Waals surface area (Å²) >= 11 is 0. The summed E-state index contributed by atoms with van der Waals surface area (Å²) in [5, 5.41) is 2.94. The van der Waals surface area contributed by atoms with Crippen LogP contribution in [0.25, 0.3) is 0 Å². The van der Waals surface area contributed by atoms with E-state index in [1.165, 1.54) is 0 Å². The standard InChI is InChI=1S/C16H28N2O2/c1-5-8-12-15(20)18(16(4)9-6-7-10-16)13(11(2)3)14(19)17-12/h11-13H,5-10H2,1-4H3,(H,17,19). The van der Waals surface area contributed by atoms with Crippen molar-refractivity contribution in [2.75, 3.05) is 0 Å². The molecule has 1 aliphatic heterocycles. The Morgan fingerprint density at radius 1 is 1.30 bits per heavy atom. The molecule has 0 spiro atoms. The third kappa shape index (κ3) is 2.57. The average molecular weight is 280 g/mol. The molecule has 1 saturated carbocycles. The Labute approximate surface area is 122 Å². The zero-order valence-electron chi connectivity index (χ0n) is 13.2. The van der Waals surface area contributed by atoms with Crippen molar-refractivity contribution < 1.29 is 9.59 Å². The van der Waals surface area contributed by atoms with Gasteiger partial charge in [0.1, 0.15) is 12.1 Å². The molecule has 4 nitrogen and oxygen atoms in total. The van der Waals surface area contributed by atoms with E-state index in [0.29, 0.717) is 0 Å². The van der Waals surface area contributed by atoms with Crippen molar-refractivity contribution in [3.05, 3.63) is 0 Å². The highest BCUT2D eigenvalue weighted by atomic mass is 16.2. The lowest BCUT2D eigenvalue weighted by atomic mass is 9.87. The maximum Gasteiger partial charge on any atom is 0.246 e. The van der Waals surface area contributed by atoms with Gasteiger partial charge in [0.2, 0.25) is 11.8 Å². The van der Waals surface area contributed by atoms with Gasteiger partial charge in [0.25, 0.3) is 0 Å². The molecule has 0 bridgehead atoms. The van der Waals surface area contributed by atoms with Crippen LogP contribution in [-0.2, 0) is 9.59 Å². The molecule has 2 atom stereocenters. The van der Waals surface area contributed by atoms with E-state index in [4.69, 9.17) is 0 Å². The van der Waals surface area contributed by atoms with Crippen LogP contribution in [0.2, 0.25) is 0 Å². The maximum absolute atomic E-state index is 12.9. The Balaban J connectivity index is 2.33. The summed E-state index contributed by atoms with van der Waals surface area (Å²) in [5.41, 5.74) is -0.129. The van der Waals surface area contributed by atoms with Crippen molar-refractivity contribution >= 4 is 11.8 Å².